The second-order valence-electron chi connectivity index (χ2n) is 5.86. The zero-order valence-electron chi connectivity index (χ0n) is 16.3. The van der Waals surface area contributed by atoms with Crippen molar-refractivity contribution in [2.45, 2.75) is 11.4 Å². The molecule has 0 spiro atoms. The zero-order valence-corrected chi connectivity index (χ0v) is 17.1. The number of esters is 1. The first-order valence-corrected chi connectivity index (χ1v) is 10.0. The predicted octanol–water partition coefficient (Wildman–Crippen LogP) is 1.72. The van der Waals surface area contributed by atoms with Crippen molar-refractivity contribution in [3.63, 3.8) is 0 Å². The van der Waals surface area contributed by atoms with Crippen LogP contribution in [-0.4, -0.2) is 41.6 Å². The van der Waals surface area contributed by atoms with Crippen LogP contribution in [0.3, 0.4) is 0 Å². The SMILES string of the molecule is CNS(=O)(=O)c1cc(/C=C/C(=O)NCc2ccc(C(=O)OC)cc2)ccc1OC. The highest BCUT2D eigenvalue weighted by atomic mass is 32.2. The molecule has 2 aromatic carbocycles. The first kappa shape index (κ1) is 22.1. The lowest BCUT2D eigenvalue weighted by molar-refractivity contribution is -0.116. The fourth-order valence-electron chi connectivity index (χ4n) is 2.41. The summed E-state index contributed by atoms with van der Waals surface area (Å²) in [5, 5.41) is 2.71. The number of nitrogens with one attached hydrogen (secondary N) is 2. The largest absolute Gasteiger partial charge is 0.495 e. The van der Waals surface area contributed by atoms with Gasteiger partial charge in [-0.3, -0.25) is 4.79 Å². The first-order valence-electron chi connectivity index (χ1n) is 8.55. The number of rotatable bonds is 8. The Kier molecular flexibility index (Phi) is 7.52. The van der Waals surface area contributed by atoms with Crippen molar-refractivity contribution in [1.29, 1.82) is 0 Å². The third kappa shape index (κ3) is 5.90. The van der Waals surface area contributed by atoms with Gasteiger partial charge >= 0.3 is 5.97 Å². The Morgan fingerprint density at radius 3 is 2.34 bits per heavy atom. The van der Waals surface area contributed by atoms with Crippen LogP contribution in [0.2, 0.25) is 0 Å². The molecule has 9 heteroatoms. The molecular formula is C20H22N2O6S. The highest BCUT2D eigenvalue weighted by molar-refractivity contribution is 7.89. The fourth-order valence-corrected chi connectivity index (χ4v) is 3.34. The van der Waals surface area contributed by atoms with Gasteiger partial charge in [-0.15, -0.1) is 0 Å². The Morgan fingerprint density at radius 2 is 1.76 bits per heavy atom. The van der Waals surface area contributed by atoms with Crippen molar-refractivity contribution >= 4 is 28.0 Å². The number of sulfonamides is 1. The highest BCUT2D eigenvalue weighted by Gasteiger charge is 2.17. The molecule has 154 valence electrons. The summed E-state index contributed by atoms with van der Waals surface area (Å²) in [6, 6.07) is 11.2. The van der Waals surface area contributed by atoms with Crippen LogP contribution in [0.15, 0.2) is 53.4 Å². The number of amides is 1. The molecule has 1 amide bonds. The van der Waals surface area contributed by atoms with E-state index in [1.165, 1.54) is 45.6 Å². The lowest BCUT2D eigenvalue weighted by Crippen LogP contribution is -2.20. The van der Waals surface area contributed by atoms with Crippen LogP contribution in [0.5, 0.6) is 5.75 Å². The van der Waals surface area contributed by atoms with Crippen molar-refractivity contribution in [1.82, 2.24) is 10.0 Å². The van der Waals surface area contributed by atoms with E-state index >= 15 is 0 Å². The van der Waals surface area contributed by atoms with Crippen LogP contribution in [0, 0.1) is 0 Å². The summed E-state index contributed by atoms with van der Waals surface area (Å²) in [5.74, 6) is -0.574. The number of ether oxygens (including phenoxy) is 2. The van der Waals surface area contributed by atoms with Crippen LogP contribution in [0.25, 0.3) is 6.08 Å². The summed E-state index contributed by atoms with van der Waals surface area (Å²) < 4.78 is 36.1. The minimum absolute atomic E-state index is 0.0178. The fraction of sp³-hybridized carbons (Fsp3) is 0.200. The van der Waals surface area contributed by atoms with Crippen molar-refractivity contribution < 1.29 is 27.5 Å². The van der Waals surface area contributed by atoms with Gasteiger partial charge in [0, 0.05) is 12.6 Å². The van der Waals surface area contributed by atoms with Crippen molar-refractivity contribution in [3.8, 4) is 5.75 Å². The molecule has 2 aromatic rings. The minimum atomic E-state index is -3.70. The molecule has 8 nitrogen and oxygen atoms in total. The molecule has 0 saturated heterocycles. The zero-order chi connectivity index (χ0) is 21.4. The van der Waals surface area contributed by atoms with Gasteiger partial charge in [0.05, 0.1) is 19.8 Å². The molecule has 2 N–H and O–H groups in total. The maximum atomic E-state index is 12.1. The standard InChI is InChI=1S/C20H22N2O6S/c1-21-29(25,26)18-12-14(6-10-17(18)27-2)7-11-19(23)22-13-15-4-8-16(9-5-15)20(24)28-3/h4-12,21H,13H2,1-3H3,(H,22,23)/b11-7+. The van der Waals surface area contributed by atoms with Crippen LogP contribution >= 0.6 is 0 Å². The number of hydrogen-bond donors (Lipinski definition) is 2. The Balaban J connectivity index is 2.03. The van der Waals surface area contributed by atoms with Gasteiger partial charge in [0.1, 0.15) is 10.6 Å². The molecule has 0 aliphatic carbocycles. The summed E-state index contributed by atoms with van der Waals surface area (Å²) in [6.45, 7) is 0.270. The van der Waals surface area contributed by atoms with Gasteiger partial charge in [0.2, 0.25) is 15.9 Å². The molecule has 29 heavy (non-hydrogen) atoms. The summed E-state index contributed by atoms with van der Waals surface area (Å²) in [4.78, 5) is 23.4. The van der Waals surface area contributed by atoms with Crippen LogP contribution < -0.4 is 14.8 Å². The van der Waals surface area contributed by atoms with Gasteiger partial charge < -0.3 is 14.8 Å². The summed E-state index contributed by atoms with van der Waals surface area (Å²) in [5.41, 5.74) is 1.76. The Bertz CT molecular complexity index is 1010. The topological polar surface area (TPSA) is 111 Å². The van der Waals surface area contributed by atoms with E-state index in [0.717, 1.165) is 5.56 Å². The molecular weight excluding hydrogens is 396 g/mol. The van der Waals surface area contributed by atoms with E-state index in [0.29, 0.717) is 11.1 Å². The number of benzene rings is 2. The molecule has 0 fully saturated rings. The van der Waals surface area contributed by atoms with E-state index in [9.17, 15) is 18.0 Å². The predicted molar refractivity (Wildman–Crippen MR) is 108 cm³/mol. The van der Waals surface area contributed by atoms with Gasteiger partial charge in [-0.2, -0.15) is 0 Å². The van der Waals surface area contributed by atoms with E-state index in [4.69, 9.17) is 4.74 Å². The molecule has 0 unspecified atom stereocenters. The molecule has 0 aliphatic heterocycles. The van der Waals surface area contributed by atoms with Crippen molar-refractivity contribution in [3.05, 3.63) is 65.2 Å². The van der Waals surface area contributed by atoms with Gasteiger partial charge in [0.15, 0.2) is 0 Å². The van der Waals surface area contributed by atoms with Crippen LogP contribution in [-0.2, 0) is 26.1 Å². The van der Waals surface area contributed by atoms with E-state index in [1.807, 2.05) is 0 Å². The van der Waals surface area contributed by atoms with Gasteiger partial charge in [-0.1, -0.05) is 18.2 Å². The molecule has 0 bridgehead atoms. The smallest absolute Gasteiger partial charge is 0.337 e. The number of carbonyl (C=O) groups is 2. The van der Waals surface area contributed by atoms with Crippen LogP contribution in [0.4, 0.5) is 0 Å². The molecule has 0 heterocycles. The number of carbonyl (C=O) groups excluding carboxylic acids is 2. The van der Waals surface area contributed by atoms with Gasteiger partial charge in [0.25, 0.3) is 0 Å². The second-order valence-corrected chi connectivity index (χ2v) is 7.71. The normalized spacial score (nSPS) is 11.3. The molecule has 0 aromatic heterocycles. The third-order valence-corrected chi connectivity index (χ3v) is 5.45. The summed E-state index contributed by atoms with van der Waals surface area (Å²) in [6.07, 6.45) is 2.81. The molecule has 2 rings (SSSR count). The quantitative estimate of drug-likeness (QED) is 0.499. The number of methoxy groups -OCH3 is 2. The Hall–Kier alpha value is -3.17. The molecule has 0 radical (unpaired) electrons. The van der Waals surface area contributed by atoms with E-state index < -0.39 is 16.0 Å². The Morgan fingerprint density at radius 1 is 1.07 bits per heavy atom. The van der Waals surface area contributed by atoms with E-state index in [1.54, 1.807) is 30.3 Å². The van der Waals surface area contributed by atoms with E-state index in [-0.39, 0.29) is 23.1 Å². The summed E-state index contributed by atoms with van der Waals surface area (Å²) in [7, 11) is 0.294. The van der Waals surface area contributed by atoms with Gasteiger partial charge in [-0.25, -0.2) is 17.9 Å². The summed E-state index contributed by atoms with van der Waals surface area (Å²) >= 11 is 0. The lowest BCUT2D eigenvalue weighted by Gasteiger charge is -2.09. The third-order valence-electron chi connectivity index (χ3n) is 4.01. The van der Waals surface area contributed by atoms with Gasteiger partial charge in [-0.05, 0) is 48.5 Å². The lowest BCUT2D eigenvalue weighted by atomic mass is 10.1. The Labute approximate surface area is 169 Å². The average molecular weight is 418 g/mol. The molecule has 0 atom stereocenters. The first-order chi connectivity index (χ1) is 13.8. The maximum Gasteiger partial charge on any atom is 0.337 e. The molecule has 0 saturated carbocycles. The average Bonchev–Trinajstić information content (AvgIpc) is 2.75. The minimum Gasteiger partial charge on any atom is -0.495 e. The molecule has 0 aliphatic rings. The maximum absolute atomic E-state index is 12.1. The highest BCUT2D eigenvalue weighted by Crippen LogP contribution is 2.25. The number of hydrogen-bond acceptors (Lipinski definition) is 6. The monoisotopic (exact) mass is 418 g/mol. The van der Waals surface area contributed by atoms with Crippen molar-refractivity contribution in [2.24, 2.45) is 0 Å². The van der Waals surface area contributed by atoms with E-state index in [2.05, 4.69) is 14.8 Å². The van der Waals surface area contributed by atoms with Crippen molar-refractivity contribution in [2.75, 3.05) is 21.3 Å². The second kappa shape index (κ2) is 9.85. The van der Waals surface area contributed by atoms with Crippen LogP contribution in [0.1, 0.15) is 21.5 Å².